The minimum absolute atomic E-state index is 0.0146. The molecule has 3 aromatic rings. The molecule has 7 nitrogen and oxygen atoms in total. The number of carbonyl (C=O) groups is 1. The van der Waals surface area contributed by atoms with Crippen molar-refractivity contribution in [2.45, 2.75) is 45.1 Å². The average Bonchev–Trinajstić information content (AvgIpc) is 3.34. The maximum absolute atomic E-state index is 13.4. The number of aromatic nitrogens is 2. The van der Waals surface area contributed by atoms with E-state index in [-0.39, 0.29) is 33.7 Å². The van der Waals surface area contributed by atoms with Crippen LogP contribution in [0.25, 0.3) is 6.08 Å². The Morgan fingerprint density at radius 1 is 1.02 bits per heavy atom. The maximum atomic E-state index is 13.4. The average molecular weight is 585 g/mol. The van der Waals surface area contributed by atoms with Crippen molar-refractivity contribution in [1.82, 2.24) is 10.2 Å². The lowest BCUT2D eigenvalue weighted by atomic mass is 9.98. The summed E-state index contributed by atoms with van der Waals surface area (Å²) in [6.45, 7) is 5.08. The number of ether oxygens (including phenoxy) is 2. The predicted molar refractivity (Wildman–Crippen MR) is 135 cm³/mol. The summed E-state index contributed by atoms with van der Waals surface area (Å²) in [5.41, 5.74) is -3.65. The summed E-state index contributed by atoms with van der Waals surface area (Å²) in [5.74, 6) is -0.703. The van der Waals surface area contributed by atoms with Crippen LogP contribution in [0, 0.1) is 11.3 Å². The summed E-state index contributed by atoms with van der Waals surface area (Å²) in [5, 5.41) is 20.8. The Balaban J connectivity index is 1.80. The van der Waals surface area contributed by atoms with Gasteiger partial charge in [-0.05, 0) is 35.9 Å². The third-order valence-electron chi connectivity index (χ3n) is 5.28. The van der Waals surface area contributed by atoms with Gasteiger partial charge in [0.1, 0.15) is 23.3 Å². The summed E-state index contributed by atoms with van der Waals surface area (Å²) in [4.78, 5) is 12.6. The number of amides is 1. The molecule has 14 heteroatoms. The summed E-state index contributed by atoms with van der Waals surface area (Å²) >= 11 is 1.16. The highest BCUT2D eigenvalue weighted by atomic mass is 32.1. The lowest BCUT2D eigenvalue weighted by Crippen LogP contribution is -2.14. The normalized spacial score (nSPS) is 12.6. The Morgan fingerprint density at radius 2 is 1.73 bits per heavy atom. The Kier molecular flexibility index (Phi) is 8.78. The summed E-state index contributed by atoms with van der Waals surface area (Å²) in [7, 11) is 1.26. The minimum Gasteiger partial charge on any atom is -0.493 e. The van der Waals surface area contributed by atoms with Crippen LogP contribution in [0.5, 0.6) is 11.5 Å². The van der Waals surface area contributed by atoms with Crippen LogP contribution in [-0.2, 0) is 29.2 Å². The van der Waals surface area contributed by atoms with Crippen molar-refractivity contribution in [2.75, 3.05) is 12.4 Å². The van der Waals surface area contributed by atoms with Gasteiger partial charge in [-0.1, -0.05) is 44.2 Å². The van der Waals surface area contributed by atoms with Crippen LogP contribution in [0.4, 0.5) is 31.5 Å². The van der Waals surface area contributed by atoms with Gasteiger partial charge in [0.2, 0.25) is 5.13 Å². The second-order valence-corrected chi connectivity index (χ2v) is 10.3. The quantitative estimate of drug-likeness (QED) is 0.182. The largest absolute Gasteiger partial charge is 0.493 e. The lowest BCUT2D eigenvalue weighted by Gasteiger charge is -2.17. The fourth-order valence-corrected chi connectivity index (χ4v) is 4.04. The maximum Gasteiger partial charge on any atom is 0.416 e. The number of nitrogens with zero attached hydrogens (tertiary/aromatic N) is 3. The van der Waals surface area contributed by atoms with Gasteiger partial charge in [0.15, 0.2) is 11.5 Å². The van der Waals surface area contributed by atoms with E-state index >= 15 is 0 Å². The molecular formula is C26H22F6N4O3S. The first-order chi connectivity index (χ1) is 18.5. The van der Waals surface area contributed by atoms with Gasteiger partial charge in [0.05, 0.1) is 18.2 Å². The number of methoxy groups -OCH3 is 1. The first-order valence-corrected chi connectivity index (χ1v) is 12.2. The molecule has 1 aromatic heterocycles. The molecule has 0 atom stereocenters. The molecule has 0 radical (unpaired) electrons. The third kappa shape index (κ3) is 7.50. The zero-order chi connectivity index (χ0) is 29.9. The molecule has 0 saturated heterocycles. The van der Waals surface area contributed by atoms with Crippen LogP contribution in [-0.4, -0.2) is 23.2 Å². The van der Waals surface area contributed by atoms with E-state index in [0.717, 1.165) is 11.3 Å². The van der Waals surface area contributed by atoms with Gasteiger partial charge in [0.25, 0.3) is 5.91 Å². The van der Waals surface area contributed by atoms with Crippen LogP contribution >= 0.6 is 11.3 Å². The number of nitriles is 1. The molecule has 0 unspecified atom stereocenters. The number of rotatable bonds is 7. The van der Waals surface area contributed by atoms with Crippen molar-refractivity contribution >= 4 is 28.5 Å². The summed E-state index contributed by atoms with van der Waals surface area (Å²) in [6, 6.07) is 7.19. The molecule has 0 spiro atoms. The molecule has 2 aromatic carbocycles. The lowest BCUT2D eigenvalue weighted by molar-refractivity contribution is -0.143. The number of halogens is 6. The van der Waals surface area contributed by atoms with E-state index < -0.39 is 41.6 Å². The van der Waals surface area contributed by atoms with Gasteiger partial charge in [-0.2, -0.15) is 31.6 Å². The summed E-state index contributed by atoms with van der Waals surface area (Å²) < 4.78 is 89.7. The predicted octanol–water partition coefficient (Wildman–Crippen LogP) is 7.01. The van der Waals surface area contributed by atoms with Gasteiger partial charge in [-0.3, -0.25) is 10.1 Å². The van der Waals surface area contributed by atoms with Gasteiger partial charge >= 0.3 is 12.4 Å². The molecule has 212 valence electrons. The molecule has 1 heterocycles. The van der Waals surface area contributed by atoms with Crippen molar-refractivity contribution in [2.24, 2.45) is 0 Å². The topological polar surface area (TPSA) is 97.1 Å². The Hall–Kier alpha value is -4.12. The monoisotopic (exact) mass is 584 g/mol. The molecule has 1 N–H and O–H groups in total. The molecule has 0 saturated carbocycles. The fraction of sp³-hybridized carbons (Fsp3) is 0.308. The van der Waals surface area contributed by atoms with E-state index in [0.29, 0.717) is 22.7 Å². The van der Waals surface area contributed by atoms with Crippen LogP contribution in [0.3, 0.4) is 0 Å². The number of anilines is 1. The van der Waals surface area contributed by atoms with E-state index in [4.69, 9.17) is 9.47 Å². The number of benzene rings is 2. The second-order valence-electron chi connectivity index (χ2n) is 9.35. The van der Waals surface area contributed by atoms with Gasteiger partial charge in [-0.25, -0.2) is 0 Å². The number of nitrogens with one attached hydrogen (secondary N) is 1. The number of carbonyl (C=O) groups excluding carboxylic acids is 1. The molecule has 0 bridgehead atoms. The Morgan fingerprint density at radius 3 is 2.27 bits per heavy atom. The van der Waals surface area contributed by atoms with Crippen LogP contribution < -0.4 is 14.8 Å². The van der Waals surface area contributed by atoms with Gasteiger partial charge in [0, 0.05) is 11.0 Å². The summed E-state index contributed by atoms with van der Waals surface area (Å²) in [6.07, 6.45) is -8.74. The molecule has 0 aliphatic carbocycles. The van der Waals surface area contributed by atoms with Gasteiger partial charge < -0.3 is 9.47 Å². The van der Waals surface area contributed by atoms with Gasteiger partial charge in [-0.15, -0.1) is 10.2 Å². The third-order valence-corrected chi connectivity index (χ3v) is 6.54. The highest BCUT2D eigenvalue weighted by Gasteiger charge is 2.38. The van der Waals surface area contributed by atoms with Crippen molar-refractivity contribution in [3.63, 3.8) is 0 Å². The highest BCUT2D eigenvalue weighted by Crippen LogP contribution is 2.38. The van der Waals surface area contributed by atoms with E-state index in [1.807, 2.05) is 20.8 Å². The van der Waals surface area contributed by atoms with Crippen molar-refractivity contribution < 1.29 is 40.6 Å². The zero-order valence-electron chi connectivity index (χ0n) is 21.5. The van der Waals surface area contributed by atoms with E-state index in [1.54, 1.807) is 6.07 Å². The smallest absolute Gasteiger partial charge is 0.416 e. The van der Waals surface area contributed by atoms with Crippen LogP contribution in [0.15, 0.2) is 42.0 Å². The van der Waals surface area contributed by atoms with Crippen molar-refractivity contribution in [1.29, 1.82) is 5.26 Å². The van der Waals surface area contributed by atoms with E-state index in [2.05, 4.69) is 15.5 Å². The zero-order valence-corrected chi connectivity index (χ0v) is 22.3. The molecular weight excluding hydrogens is 562 g/mol. The first-order valence-electron chi connectivity index (χ1n) is 11.4. The second kappa shape index (κ2) is 11.5. The highest BCUT2D eigenvalue weighted by molar-refractivity contribution is 7.15. The van der Waals surface area contributed by atoms with Crippen LogP contribution in [0.1, 0.15) is 48.0 Å². The van der Waals surface area contributed by atoms with Crippen molar-refractivity contribution in [3.8, 4) is 17.6 Å². The molecule has 0 aliphatic rings. The minimum atomic E-state index is -5.05. The first kappa shape index (κ1) is 30.4. The number of hydrogen-bond donors (Lipinski definition) is 1. The molecule has 3 rings (SSSR count). The van der Waals surface area contributed by atoms with Crippen LogP contribution in [0.2, 0.25) is 0 Å². The number of alkyl halides is 6. The molecule has 40 heavy (non-hydrogen) atoms. The molecule has 0 fully saturated rings. The van der Waals surface area contributed by atoms with Crippen molar-refractivity contribution in [3.05, 3.63) is 69.2 Å². The standard InChI is InChI=1S/C26H22F6N4O3S/c1-24(2,3)22-35-36-23(40-22)34-21(37)16(12-33)9-14-5-8-19(20(10-14)38-4)39-13-15-6-7-17(25(27,28)29)11-18(15)26(30,31)32/h5-11H,13H2,1-4H3,(H,34,36,37)/b16-9-. The Bertz CT molecular complexity index is 1470. The van der Waals surface area contributed by atoms with E-state index in [1.165, 1.54) is 31.4 Å². The Labute approximate surface area is 229 Å². The fourth-order valence-electron chi connectivity index (χ4n) is 3.25. The number of hydrogen-bond acceptors (Lipinski definition) is 7. The SMILES string of the molecule is COc1cc(/C=C(/C#N)C(=O)Nc2nnc(C(C)(C)C)s2)ccc1OCc1ccc(C(F)(F)F)cc1C(F)(F)F. The molecule has 0 aliphatic heterocycles. The van der Waals surface area contributed by atoms with E-state index in [9.17, 15) is 36.4 Å². The molecule has 1 amide bonds.